The average Bonchev–Trinajstić information content (AvgIpc) is 3.07. The van der Waals surface area contributed by atoms with Crippen LogP contribution in [0, 0.1) is 0 Å². The lowest BCUT2D eigenvalue weighted by molar-refractivity contribution is -0.130. The Bertz CT molecular complexity index is 422. The molecule has 3 unspecified atom stereocenters. The summed E-state index contributed by atoms with van der Waals surface area (Å²) in [5.41, 5.74) is 0. The lowest BCUT2D eigenvalue weighted by atomic mass is 10.1. The number of carbonyl (C=O) groups is 1. The number of thiophene rings is 1. The second kappa shape index (κ2) is 7.48. The molecule has 1 saturated heterocycles. The second-order valence-electron chi connectivity index (χ2n) is 5.32. The van der Waals surface area contributed by atoms with Gasteiger partial charge in [-0.25, -0.2) is 0 Å². The van der Waals surface area contributed by atoms with Gasteiger partial charge in [0.25, 0.3) is 0 Å². The van der Waals surface area contributed by atoms with Gasteiger partial charge in [0, 0.05) is 16.7 Å². The number of nitrogens with one attached hydrogen (secondary N) is 1. The van der Waals surface area contributed by atoms with Crippen LogP contribution in [-0.4, -0.2) is 34.9 Å². The first-order valence-electron chi connectivity index (χ1n) is 7.30. The topological polar surface area (TPSA) is 32.3 Å². The Morgan fingerprint density at radius 3 is 2.95 bits per heavy atom. The van der Waals surface area contributed by atoms with Gasteiger partial charge in [-0.3, -0.25) is 10.1 Å². The summed E-state index contributed by atoms with van der Waals surface area (Å²) in [6.07, 6.45) is 5.36. The molecule has 1 amide bonds. The van der Waals surface area contributed by atoms with Gasteiger partial charge in [0.05, 0.1) is 6.04 Å². The zero-order chi connectivity index (χ0) is 14.5. The quantitative estimate of drug-likeness (QED) is 0.836. The van der Waals surface area contributed by atoms with E-state index in [9.17, 15) is 4.79 Å². The molecule has 2 rings (SSSR count). The lowest BCUT2D eigenvalue weighted by Crippen LogP contribution is -2.35. The summed E-state index contributed by atoms with van der Waals surface area (Å²) in [4.78, 5) is 15.9. The number of hydrogen-bond donors (Lipinski definition) is 1. The lowest BCUT2D eigenvalue weighted by Gasteiger charge is -2.25. The van der Waals surface area contributed by atoms with Crippen LogP contribution in [0.2, 0.25) is 0 Å². The number of amides is 1. The highest BCUT2D eigenvalue weighted by Crippen LogP contribution is 2.31. The molecule has 5 heteroatoms. The highest BCUT2D eigenvalue weighted by atomic mass is 32.2. The van der Waals surface area contributed by atoms with Crippen LogP contribution in [0.4, 0.5) is 0 Å². The highest BCUT2D eigenvalue weighted by molar-refractivity contribution is 7.99. The number of nitrogens with zero attached hydrogens (tertiary/aromatic N) is 1. The van der Waals surface area contributed by atoms with Crippen molar-refractivity contribution in [3.8, 4) is 0 Å². The molecule has 1 aliphatic rings. The summed E-state index contributed by atoms with van der Waals surface area (Å²) >= 11 is 3.54. The molecule has 112 valence electrons. The van der Waals surface area contributed by atoms with Crippen molar-refractivity contribution in [2.45, 2.75) is 50.6 Å². The van der Waals surface area contributed by atoms with Gasteiger partial charge in [0.15, 0.2) is 0 Å². The van der Waals surface area contributed by atoms with Crippen LogP contribution in [0.3, 0.4) is 0 Å². The fourth-order valence-electron chi connectivity index (χ4n) is 2.52. The molecule has 0 aliphatic carbocycles. The molecule has 1 aromatic rings. The maximum Gasteiger partial charge on any atom is 0.241 e. The van der Waals surface area contributed by atoms with Crippen molar-refractivity contribution in [1.29, 1.82) is 0 Å². The zero-order valence-electron chi connectivity index (χ0n) is 12.5. The average molecular weight is 313 g/mol. The van der Waals surface area contributed by atoms with Crippen molar-refractivity contribution >= 4 is 29.0 Å². The van der Waals surface area contributed by atoms with Crippen LogP contribution in [0.1, 0.15) is 44.2 Å². The van der Waals surface area contributed by atoms with Gasteiger partial charge in [-0.05, 0) is 24.1 Å². The molecule has 3 atom stereocenters. The minimum absolute atomic E-state index is 0.00361. The molecular formula is C15H24N2OS2. The molecule has 1 aromatic heterocycles. The number of hydrogen-bond acceptors (Lipinski definition) is 4. The first-order valence-corrected chi connectivity index (χ1v) is 9.46. The number of unbranched alkanes of at least 4 members (excludes halogenated alkanes) is 1. The first-order chi connectivity index (χ1) is 9.67. The summed E-state index contributed by atoms with van der Waals surface area (Å²) in [6.45, 7) is 5.17. The van der Waals surface area contributed by atoms with Gasteiger partial charge in [-0.2, -0.15) is 11.8 Å². The van der Waals surface area contributed by atoms with E-state index in [0.29, 0.717) is 5.25 Å². The Labute approximate surface area is 130 Å². The number of thioether (sulfide) groups is 1. The Kier molecular flexibility index (Phi) is 5.93. The molecule has 0 saturated carbocycles. The largest absolute Gasteiger partial charge is 0.320 e. The normalized spacial score (nSPS) is 24.4. The summed E-state index contributed by atoms with van der Waals surface area (Å²) < 4.78 is 0. The Balaban J connectivity index is 2.12. The van der Waals surface area contributed by atoms with Gasteiger partial charge in [-0.1, -0.05) is 32.8 Å². The summed E-state index contributed by atoms with van der Waals surface area (Å²) in [5, 5.41) is 6.08. The third-order valence-corrected chi connectivity index (χ3v) is 5.65. The second-order valence-corrected chi connectivity index (χ2v) is 7.57. The number of rotatable bonds is 7. The van der Waals surface area contributed by atoms with Crippen LogP contribution in [-0.2, 0) is 4.79 Å². The van der Waals surface area contributed by atoms with Crippen LogP contribution < -0.4 is 5.32 Å². The van der Waals surface area contributed by atoms with Crippen LogP contribution in [0.25, 0.3) is 0 Å². The van der Waals surface area contributed by atoms with Crippen molar-refractivity contribution in [2.75, 3.05) is 12.8 Å². The molecule has 0 bridgehead atoms. The zero-order valence-corrected chi connectivity index (χ0v) is 14.1. The molecule has 1 N–H and O–H groups in total. The highest BCUT2D eigenvalue weighted by Gasteiger charge is 2.39. The minimum atomic E-state index is -0.00361. The standard InChI is InChI=1S/C15H24N2OS2/c1-4-5-7-12-15(18)17(10-11(2)19-3)14(16-12)13-8-6-9-20-13/h6,8-9,11-12,14,16H,4-5,7,10H2,1-3H3. The van der Waals surface area contributed by atoms with Crippen molar-refractivity contribution in [2.24, 2.45) is 0 Å². The third kappa shape index (κ3) is 3.57. The fourth-order valence-corrected chi connectivity index (χ4v) is 3.63. The first kappa shape index (κ1) is 15.9. The summed E-state index contributed by atoms with van der Waals surface area (Å²) in [6, 6.07) is 4.17. The molecule has 0 radical (unpaired) electrons. The third-order valence-electron chi connectivity index (χ3n) is 3.77. The van der Waals surface area contributed by atoms with Crippen molar-refractivity contribution in [1.82, 2.24) is 10.2 Å². The summed E-state index contributed by atoms with van der Waals surface area (Å²) in [7, 11) is 0. The smallest absolute Gasteiger partial charge is 0.241 e. The SMILES string of the molecule is CCCCC1NC(c2cccs2)N(CC(C)SC)C1=O. The van der Waals surface area contributed by atoms with Crippen LogP contribution in [0.15, 0.2) is 17.5 Å². The van der Waals surface area contributed by atoms with E-state index in [1.165, 1.54) is 4.88 Å². The predicted octanol–water partition coefficient (Wildman–Crippen LogP) is 3.49. The van der Waals surface area contributed by atoms with Gasteiger partial charge in [-0.15, -0.1) is 11.3 Å². The van der Waals surface area contributed by atoms with Crippen molar-refractivity contribution in [3.05, 3.63) is 22.4 Å². The molecule has 0 spiro atoms. The van der Waals surface area contributed by atoms with Gasteiger partial charge >= 0.3 is 0 Å². The number of carbonyl (C=O) groups excluding carboxylic acids is 1. The van der Waals surface area contributed by atoms with E-state index in [0.717, 1.165) is 25.8 Å². The maximum atomic E-state index is 12.6. The molecule has 0 aromatic carbocycles. The summed E-state index contributed by atoms with van der Waals surface area (Å²) in [5.74, 6) is 0.276. The maximum absolute atomic E-state index is 12.6. The van der Waals surface area contributed by atoms with Gasteiger partial charge in [0.2, 0.25) is 5.91 Å². The Morgan fingerprint density at radius 2 is 2.35 bits per heavy atom. The minimum Gasteiger partial charge on any atom is -0.320 e. The molecule has 20 heavy (non-hydrogen) atoms. The van der Waals surface area contributed by atoms with E-state index in [2.05, 4.69) is 42.9 Å². The van der Waals surface area contributed by atoms with Crippen LogP contribution >= 0.6 is 23.1 Å². The molecule has 1 fully saturated rings. The van der Waals surface area contributed by atoms with E-state index >= 15 is 0 Å². The fraction of sp³-hybridized carbons (Fsp3) is 0.667. The van der Waals surface area contributed by atoms with E-state index in [1.54, 1.807) is 11.3 Å². The van der Waals surface area contributed by atoms with Crippen molar-refractivity contribution in [3.63, 3.8) is 0 Å². The Morgan fingerprint density at radius 1 is 1.55 bits per heavy atom. The van der Waals surface area contributed by atoms with Gasteiger partial charge in [0.1, 0.15) is 6.17 Å². The van der Waals surface area contributed by atoms with E-state index in [-0.39, 0.29) is 18.1 Å². The van der Waals surface area contributed by atoms with Crippen LogP contribution in [0.5, 0.6) is 0 Å². The molecule has 3 nitrogen and oxygen atoms in total. The molecule has 1 aliphatic heterocycles. The predicted molar refractivity (Wildman–Crippen MR) is 88.2 cm³/mol. The van der Waals surface area contributed by atoms with E-state index in [1.807, 2.05) is 16.7 Å². The molecule has 2 heterocycles. The van der Waals surface area contributed by atoms with Gasteiger partial charge < -0.3 is 4.90 Å². The van der Waals surface area contributed by atoms with E-state index < -0.39 is 0 Å². The molecular weight excluding hydrogens is 288 g/mol. The monoisotopic (exact) mass is 312 g/mol. The Hall–Kier alpha value is -0.520. The van der Waals surface area contributed by atoms with Crippen molar-refractivity contribution < 1.29 is 4.79 Å². The van der Waals surface area contributed by atoms with E-state index in [4.69, 9.17) is 0 Å².